The van der Waals surface area contributed by atoms with Crippen LogP contribution in [0.1, 0.15) is 23.7 Å². The molecular formula is C11H12Cl2N2OS. The standard InChI is InChI=1S/C11H12Cl2N2OS/c1-15-6-7(5-14-15)2-3-9(16)8-4-10(12)17-11(8)13/h4-6,9,16H,2-3H2,1H3. The summed E-state index contributed by atoms with van der Waals surface area (Å²) >= 11 is 13.1. The van der Waals surface area contributed by atoms with Crippen LogP contribution in [0.25, 0.3) is 0 Å². The number of halogens is 2. The van der Waals surface area contributed by atoms with Crippen molar-refractivity contribution in [3.63, 3.8) is 0 Å². The third-order valence-corrected chi connectivity index (χ3v) is 4.02. The van der Waals surface area contributed by atoms with Crippen molar-refractivity contribution in [3.05, 3.63) is 38.3 Å². The summed E-state index contributed by atoms with van der Waals surface area (Å²) in [6.45, 7) is 0. The zero-order valence-electron chi connectivity index (χ0n) is 9.23. The first kappa shape index (κ1) is 12.9. The van der Waals surface area contributed by atoms with Crippen LogP contribution in [0.3, 0.4) is 0 Å². The van der Waals surface area contributed by atoms with Crippen molar-refractivity contribution in [2.45, 2.75) is 18.9 Å². The summed E-state index contributed by atoms with van der Waals surface area (Å²) in [5.74, 6) is 0. The molecule has 1 N–H and O–H groups in total. The van der Waals surface area contributed by atoms with E-state index in [1.807, 2.05) is 13.2 Å². The van der Waals surface area contributed by atoms with Gasteiger partial charge in [-0.05, 0) is 24.5 Å². The lowest BCUT2D eigenvalue weighted by molar-refractivity contribution is 0.168. The van der Waals surface area contributed by atoms with Gasteiger partial charge in [0.1, 0.15) is 4.34 Å². The van der Waals surface area contributed by atoms with Gasteiger partial charge in [0.15, 0.2) is 0 Å². The lowest BCUT2D eigenvalue weighted by Crippen LogP contribution is -1.98. The maximum Gasteiger partial charge on any atom is 0.100 e. The minimum atomic E-state index is -0.577. The van der Waals surface area contributed by atoms with Crippen molar-refractivity contribution in [2.24, 2.45) is 7.05 Å². The van der Waals surface area contributed by atoms with Crippen LogP contribution < -0.4 is 0 Å². The van der Waals surface area contributed by atoms with Crippen LogP contribution >= 0.6 is 34.5 Å². The number of hydrogen-bond acceptors (Lipinski definition) is 3. The molecular weight excluding hydrogens is 279 g/mol. The van der Waals surface area contributed by atoms with Gasteiger partial charge in [-0.15, -0.1) is 11.3 Å². The van der Waals surface area contributed by atoms with Crippen molar-refractivity contribution in [1.82, 2.24) is 9.78 Å². The highest BCUT2D eigenvalue weighted by Crippen LogP contribution is 2.36. The Morgan fingerprint density at radius 1 is 1.53 bits per heavy atom. The van der Waals surface area contributed by atoms with Crippen molar-refractivity contribution in [1.29, 1.82) is 0 Å². The number of thiophene rings is 1. The Labute approximate surface area is 114 Å². The number of aryl methyl sites for hydroxylation is 2. The van der Waals surface area contributed by atoms with Gasteiger partial charge < -0.3 is 5.11 Å². The van der Waals surface area contributed by atoms with Crippen LogP contribution in [0, 0.1) is 0 Å². The Hall–Kier alpha value is -0.550. The zero-order valence-corrected chi connectivity index (χ0v) is 11.6. The molecule has 0 bridgehead atoms. The summed E-state index contributed by atoms with van der Waals surface area (Å²) < 4.78 is 2.91. The van der Waals surface area contributed by atoms with Gasteiger partial charge >= 0.3 is 0 Å². The smallest absolute Gasteiger partial charge is 0.100 e. The van der Waals surface area contributed by atoms with E-state index in [2.05, 4.69) is 5.10 Å². The van der Waals surface area contributed by atoms with Crippen LogP contribution in [0.2, 0.25) is 8.67 Å². The van der Waals surface area contributed by atoms with Gasteiger partial charge in [0.05, 0.1) is 16.6 Å². The maximum atomic E-state index is 10.0. The number of aliphatic hydroxyl groups is 1. The summed E-state index contributed by atoms with van der Waals surface area (Å²) in [7, 11) is 1.87. The molecule has 2 aromatic heterocycles. The predicted octanol–water partition coefficient (Wildman–Crippen LogP) is 3.45. The van der Waals surface area contributed by atoms with E-state index in [-0.39, 0.29) is 0 Å². The second-order valence-corrected chi connectivity index (χ2v) is 6.14. The molecule has 0 aliphatic carbocycles. The molecule has 0 aromatic carbocycles. The van der Waals surface area contributed by atoms with Gasteiger partial charge in [-0.25, -0.2) is 0 Å². The Morgan fingerprint density at radius 3 is 2.82 bits per heavy atom. The van der Waals surface area contributed by atoms with Gasteiger partial charge in [0, 0.05) is 18.8 Å². The molecule has 6 heteroatoms. The van der Waals surface area contributed by atoms with Crippen LogP contribution in [0.15, 0.2) is 18.5 Å². The third kappa shape index (κ3) is 3.22. The largest absolute Gasteiger partial charge is 0.388 e. The summed E-state index contributed by atoms with van der Waals surface area (Å²) in [6, 6.07) is 1.72. The quantitative estimate of drug-likeness (QED) is 0.937. The van der Waals surface area contributed by atoms with E-state index in [0.29, 0.717) is 20.7 Å². The second-order valence-electron chi connectivity index (χ2n) is 3.86. The molecule has 3 nitrogen and oxygen atoms in total. The summed E-state index contributed by atoms with van der Waals surface area (Å²) in [5, 5.41) is 14.1. The van der Waals surface area contributed by atoms with Crippen LogP contribution in [-0.4, -0.2) is 14.9 Å². The lowest BCUT2D eigenvalue weighted by Gasteiger charge is -2.08. The van der Waals surface area contributed by atoms with E-state index in [4.69, 9.17) is 23.2 Å². The highest BCUT2D eigenvalue weighted by atomic mass is 35.5. The number of aliphatic hydroxyl groups excluding tert-OH is 1. The molecule has 0 saturated heterocycles. The highest BCUT2D eigenvalue weighted by molar-refractivity contribution is 7.20. The average molecular weight is 291 g/mol. The molecule has 0 saturated carbocycles. The molecule has 1 atom stereocenters. The van der Waals surface area contributed by atoms with E-state index < -0.39 is 6.10 Å². The Balaban J connectivity index is 1.97. The maximum absolute atomic E-state index is 10.0. The van der Waals surface area contributed by atoms with Crippen LogP contribution in [-0.2, 0) is 13.5 Å². The first-order valence-corrected chi connectivity index (χ1v) is 6.74. The minimum Gasteiger partial charge on any atom is -0.388 e. The molecule has 2 aromatic rings. The Morgan fingerprint density at radius 2 is 2.29 bits per heavy atom. The SMILES string of the molecule is Cn1cc(CCC(O)c2cc(Cl)sc2Cl)cn1. The zero-order chi connectivity index (χ0) is 12.4. The van der Waals surface area contributed by atoms with Crippen molar-refractivity contribution in [2.75, 3.05) is 0 Å². The van der Waals surface area contributed by atoms with E-state index in [1.54, 1.807) is 16.9 Å². The number of nitrogens with zero attached hydrogens (tertiary/aromatic N) is 2. The van der Waals surface area contributed by atoms with Gasteiger partial charge in [-0.2, -0.15) is 5.10 Å². The van der Waals surface area contributed by atoms with Crippen LogP contribution in [0.5, 0.6) is 0 Å². The predicted molar refractivity (Wildman–Crippen MR) is 70.8 cm³/mol. The van der Waals surface area contributed by atoms with Gasteiger partial charge in [0.2, 0.25) is 0 Å². The fraction of sp³-hybridized carbons (Fsp3) is 0.364. The molecule has 2 heterocycles. The van der Waals surface area contributed by atoms with E-state index in [1.165, 1.54) is 11.3 Å². The highest BCUT2D eigenvalue weighted by Gasteiger charge is 2.15. The molecule has 17 heavy (non-hydrogen) atoms. The summed E-state index contributed by atoms with van der Waals surface area (Å²) in [6.07, 6.45) is 4.53. The summed E-state index contributed by atoms with van der Waals surface area (Å²) in [4.78, 5) is 0. The van der Waals surface area contributed by atoms with E-state index in [9.17, 15) is 5.11 Å². The van der Waals surface area contributed by atoms with Gasteiger partial charge in [-0.3, -0.25) is 4.68 Å². The molecule has 1 unspecified atom stereocenters. The molecule has 0 amide bonds. The molecule has 0 spiro atoms. The molecule has 0 aliphatic heterocycles. The molecule has 0 aliphatic rings. The normalized spacial score (nSPS) is 12.9. The van der Waals surface area contributed by atoms with Crippen molar-refractivity contribution in [3.8, 4) is 0 Å². The molecule has 0 radical (unpaired) electrons. The first-order chi connectivity index (χ1) is 8.06. The number of aromatic nitrogens is 2. The number of rotatable bonds is 4. The molecule has 2 rings (SSSR count). The molecule has 92 valence electrons. The van der Waals surface area contributed by atoms with Crippen molar-refractivity contribution < 1.29 is 5.11 Å². The second kappa shape index (κ2) is 5.40. The van der Waals surface area contributed by atoms with Gasteiger partial charge in [-0.1, -0.05) is 23.2 Å². The van der Waals surface area contributed by atoms with Crippen molar-refractivity contribution >= 4 is 34.5 Å². The fourth-order valence-corrected chi connectivity index (χ4v) is 3.21. The topological polar surface area (TPSA) is 38.0 Å². The Bertz CT molecular complexity index is 509. The number of hydrogen-bond donors (Lipinski definition) is 1. The molecule has 0 fully saturated rings. The van der Waals surface area contributed by atoms with E-state index in [0.717, 1.165) is 12.0 Å². The minimum absolute atomic E-state index is 0.564. The third-order valence-electron chi connectivity index (χ3n) is 2.51. The fourth-order valence-electron chi connectivity index (χ4n) is 1.64. The monoisotopic (exact) mass is 290 g/mol. The van der Waals surface area contributed by atoms with Gasteiger partial charge in [0.25, 0.3) is 0 Å². The lowest BCUT2D eigenvalue weighted by atomic mass is 10.1. The summed E-state index contributed by atoms with van der Waals surface area (Å²) in [5.41, 5.74) is 1.81. The van der Waals surface area contributed by atoms with E-state index >= 15 is 0 Å². The van der Waals surface area contributed by atoms with Crippen LogP contribution in [0.4, 0.5) is 0 Å². The average Bonchev–Trinajstić information content (AvgIpc) is 2.81. The first-order valence-electron chi connectivity index (χ1n) is 5.16. The Kier molecular flexibility index (Phi) is 4.09.